The maximum absolute atomic E-state index is 12.2. The molecule has 124 valence electrons. The molecular weight excluding hydrogens is 382 g/mol. The summed E-state index contributed by atoms with van der Waals surface area (Å²) < 4.78 is 11.4. The standard InChI is InChI=1S/C16H18BrNO4S/c1-10(2)22-13-5-4-11(8-12(13)17)9-14-15(19)18(6-7-21-3)16(20)23-14/h4-5,8-10H,6-7H2,1-3H3/b14-9+. The smallest absolute Gasteiger partial charge is 0.293 e. The Morgan fingerprint density at radius 1 is 1.35 bits per heavy atom. The van der Waals surface area contributed by atoms with E-state index in [0.29, 0.717) is 11.5 Å². The fourth-order valence-corrected chi connectivity index (χ4v) is 3.34. The van der Waals surface area contributed by atoms with Crippen LogP contribution in [-0.4, -0.2) is 42.4 Å². The largest absolute Gasteiger partial charge is 0.490 e. The zero-order valence-corrected chi connectivity index (χ0v) is 15.6. The van der Waals surface area contributed by atoms with Gasteiger partial charge in [0.05, 0.1) is 28.6 Å². The molecule has 0 unspecified atom stereocenters. The van der Waals surface area contributed by atoms with E-state index < -0.39 is 0 Å². The number of hydrogen-bond donors (Lipinski definition) is 0. The Bertz CT molecular complexity index is 645. The van der Waals surface area contributed by atoms with Crippen molar-refractivity contribution in [2.75, 3.05) is 20.3 Å². The van der Waals surface area contributed by atoms with Gasteiger partial charge in [-0.2, -0.15) is 0 Å². The first-order valence-corrected chi connectivity index (χ1v) is 8.74. The van der Waals surface area contributed by atoms with Crippen LogP contribution in [0.3, 0.4) is 0 Å². The van der Waals surface area contributed by atoms with Gasteiger partial charge in [-0.1, -0.05) is 6.07 Å². The van der Waals surface area contributed by atoms with Crippen molar-refractivity contribution in [2.24, 2.45) is 0 Å². The number of imide groups is 1. The van der Waals surface area contributed by atoms with Crippen molar-refractivity contribution in [3.8, 4) is 5.75 Å². The number of halogens is 1. The Labute approximate surface area is 148 Å². The number of rotatable bonds is 6. The molecule has 0 bridgehead atoms. The number of benzene rings is 1. The summed E-state index contributed by atoms with van der Waals surface area (Å²) in [5.41, 5.74) is 0.824. The summed E-state index contributed by atoms with van der Waals surface area (Å²) in [5.74, 6) is 0.459. The maximum atomic E-state index is 12.2. The van der Waals surface area contributed by atoms with Crippen LogP contribution in [0.1, 0.15) is 19.4 Å². The summed E-state index contributed by atoms with van der Waals surface area (Å²) in [6.45, 7) is 4.51. The summed E-state index contributed by atoms with van der Waals surface area (Å²) in [4.78, 5) is 25.7. The molecule has 0 atom stereocenters. The van der Waals surface area contributed by atoms with Gasteiger partial charge in [0.15, 0.2) is 0 Å². The van der Waals surface area contributed by atoms with Gasteiger partial charge >= 0.3 is 0 Å². The van der Waals surface area contributed by atoms with Gasteiger partial charge in [-0.15, -0.1) is 0 Å². The number of hydrogen-bond acceptors (Lipinski definition) is 5. The van der Waals surface area contributed by atoms with Gasteiger partial charge in [-0.05, 0) is 65.3 Å². The van der Waals surface area contributed by atoms with Crippen molar-refractivity contribution in [1.82, 2.24) is 4.90 Å². The summed E-state index contributed by atoms with van der Waals surface area (Å²) >= 11 is 4.40. The van der Waals surface area contributed by atoms with Gasteiger partial charge in [0.2, 0.25) is 0 Å². The summed E-state index contributed by atoms with van der Waals surface area (Å²) in [7, 11) is 1.53. The van der Waals surface area contributed by atoms with Gasteiger partial charge < -0.3 is 9.47 Å². The number of carbonyl (C=O) groups is 2. The van der Waals surface area contributed by atoms with Crippen LogP contribution < -0.4 is 4.74 Å². The second-order valence-electron chi connectivity index (χ2n) is 5.18. The van der Waals surface area contributed by atoms with E-state index in [1.807, 2.05) is 32.0 Å². The Morgan fingerprint density at radius 3 is 2.70 bits per heavy atom. The predicted octanol–water partition coefficient (Wildman–Crippen LogP) is 3.92. The predicted molar refractivity (Wildman–Crippen MR) is 94.5 cm³/mol. The van der Waals surface area contributed by atoms with E-state index in [9.17, 15) is 9.59 Å². The molecule has 1 aromatic rings. The lowest BCUT2D eigenvalue weighted by Gasteiger charge is -2.12. The molecule has 0 radical (unpaired) electrons. The third-order valence-electron chi connectivity index (χ3n) is 3.01. The van der Waals surface area contributed by atoms with Gasteiger partial charge in [-0.3, -0.25) is 14.5 Å². The molecule has 2 rings (SSSR count). The third-order valence-corrected chi connectivity index (χ3v) is 4.54. The van der Waals surface area contributed by atoms with E-state index in [-0.39, 0.29) is 23.8 Å². The van der Waals surface area contributed by atoms with E-state index in [4.69, 9.17) is 9.47 Å². The van der Waals surface area contributed by atoms with Crippen molar-refractivity contribution >= 4 is 44.9 Å². The molecule has 1 aromatic carbocycles. The lowest BCUT2D eigenvalue weighted by molar-refractivity contribution is -0.123. The number of amides is 2. The highest BCUT2D eigenvalue weighted by Gasteiger charge is 2.34. The lowest BCUT2D eigenvalue weighted by Crippen LogP contribution is -2.31. The Hall–Kier alpha value is -1.31. The molecule has 0 saturated carbocycles. The minimum Gasteiger partial charge on any atom is -0.490 e. The zero-order chi connectivity index (χ0) is 17.0. The fourth-order valence-electron chi connectivity index (χ4n) is 1.98. The molecule has 2 amide bonds. The first-order chi connectivity index (χ1) is 10.9. The summed E-state index contributed by atoms with van der Waals surface area (Å²) in [6, 6.07) is 5.55. The highest BCUT2D eigenvalue weighted by molar-refractivity contribution is 9.10. The number of methoxy groups -OCH3 is 1. The zero-order valence-electron chi connectivity index (χ0n) is 13.2. The van der Waals surface area contributed by atoms with E-state index in [1.54, 1.807) is 6.08 Å². The molecule has 1 aliphatic heterocycles. The van der Waals surface area contributed by atoms with Crippen molar-refractivity contribution in [1.29, 1.82) is 0 Å². The average Bonchev–Trinajstić information content (AvgIpc) is 2.74. The molecule has 23 heavy (non-hydrogen) atoms. The van der Waals surface area contributed by atoms with Gasteiger partial charge in [0.25, 0.3) is 11.1 Å². The minimum atomic E-state index is -0.282. The highest BCUT2D eigenvalue weighted by atomic mass is 79.9. The topological polar surface area (TPSA) is 55.8 Å². The number of ether oxygens (including phenoxy) is 2. The van der Waals surface area contributed by atoms with Crippen LogP contribution in [0.2, 0.25) is 0 Å². The number of thioether (sulfide) groups is 1. The second kappa shape index (κ2) is 7.99. The molecule has 1 heterocycles. The van der Waals surface area contributed by atoms with Crippen LogP contribution in [0.25, 0.3) is 6.08 Å². The Kier molecular flexibility index (Phi) is 6.26. The van der Waals surface area contributed by atoms with E-state index >= 15 is 0 Å². The maximum Gasteiger partial charge on any atom is 0.293 e. The molecule has 1 saturated heterocycles. The summed E-state index contributed by atoms with van der Waals surface area (Å²) in [5, 5.41) is -0.267. The molecular formula is C16H18BrNO4S. The first kappa shape index (κ1) is 18.0. The molecule has 0 N–H and O–H groups in total. The van der Waals surface area contributed by atoms with E-state index in [1.165, 1.54) is 12.0 Å². The molecule has 5 nitrogen and oxygen atoms in total. The van der Waals surface area contributed by atoms with Gasteiger partial charge in [0.1, 0.15) is 5.75 Å². The van der Waals surface area contributed by atoms with Crippen LogP contribution in [0.5, 0.6) is 5.75 Å². The molecule has 1 aliphatic rings. The van der Waals surface area contributed by atoms with E-state index in [0.717, 1.165) is 27.5 Å². The van der Waals surface area contributed by atoms with Crippen LogP contribution >= 0.6 is 27.7 Å². The Balaban J connectivity index is 2.17. The van der Waals surface area contributed by atoms with Crippen LogP contribution in [0, 0.1) is 0 Å². The molecule has 1 fully saturated rings. The molecule has 0 aliphatic carbocycles. The van der Waals surface area contributed by atoms with E-state index in [2.05, 4.69) is 15.9 Å². The summed E-state index contributed by atoms with van der Waals surface area (Å²) in [6.07, 6.45) is 1.79. The normalized spacial score (nSPS) is 16.7. The first-order valence-electron chi connectivity index (χ1n) is 7.13. The average molecular weight is 400 g/mol. The third kappa shape index (κ3) is 4.59. The van der Waals surface area contributed by atoms with Crippen LogP contribution in [-0.2, 0) is 9.53 Å². The number of nitrogens with zero attached hydrogens (tertiary/aromatic N) is 1. The van der Waals surface area contributed by atoms with Crippen molar-refractivity contribution < 1.29 is 19.1 Å². The Morgan fingerprint density at radius 2 is 2.09 bits per heavy atom. The fraction of sp³-hybridized carbons (Fsp3) is 0.375. The molecule has 7 heteroatoms. The molecule has 0 aromatic heterocycles. The van der Waals surface area contributed by atoms with Crippen molar-refractivity contribution in [3.63, 3.8) is 0 Å². The van der Waals surface area contributed by atoms with Crippen LogP contribution in [0.15, 0.2) is 27.6 Å². The van der Waals surface area contributed by atoms with Crippen LogP contribution in [0.4, 0.5) is 4.79 Å². The molecule has 0 spiro atoms. The quantitative estimate of drug-likeness (QED) is 0.678. The lowest BCUT2D eigenvalue weighted by atomic mass is 10.2. The highest BCUT2D eigenvalue weighted by Crippen LogP contribution is 2.33. The monoisotopic (exact) mass is 399 g/mol. The second-order valence-corrected chi connectivity index (χ2v) is 7.03. The SMILES string of the molecule is COCCN1C(=O)S/C(=C/c2ccc(OC(C)C)c(Br)c2)C1=O. The van der Waals surface area contributed by atoms with Gasteiger partial charge in [0, 0.05) is 7.11 Å². The van der Waals surface area contributed by atoms with Crippen molar-refractivity contribution in [3.05, 3.63) is 33.1 Å². The van der Waals surface area contributed by atoms with Gasteiger partial charge in [-0.25, -0.2) is 0 Å². The number of carbonyl (C=O) groups excluding carboxylic acids is 2. The minimum absolute atomic E-state index is 0.0782. The van der Waals surface area contributed by atoms with Crippen molar-refractivity contribution in [2.45, 2.75) is 20.0 Å².